The van der Waals surface area contributed by atoms with Gasteiger partial charge in [-0.15, -0.1) is 0 Å². The van der Waals surface area contributed by atoms with Crippen molar-refractivity contribution in [3.05, 3.63) is 53.7 Å². The third-order valence-electron chi connectivity index (χ3n) is 5.34. The number of aliphatic hydroxyl groups is 1. The van der Waals surface area contributed by atoms with Gasteiger partial charge in [0.05, 0.1) is 24.4 Å². The number of aliphatic carboxylic acids is 1. The van der Waals surface area contributed by atoms with Gasteiger partial charge in [-0.05, 0) is 36.6 Å². The smallest absolute Gasteiger partial charge is 0.352 e. The summed E-state index contributed by atoms with van der Waals surface area (Å²) in [4.78, 5) is 41.8. The fraction of sp³-hybridized carbons (Fsp3) is 0.300. The van der Waals surface area contributed by atoms with Gasteiger partial charge in [-0.25, -0.2) is 9.78 Å². The lowest BCUT2D eigenvalue weighted by Gasteiger charge is -2.44. The summed E-state index contributed by atoms with van der Waals surface area (Å²) in [6, 6.07) is 6.45. The largest absolute Gasteiger partial charge is 0.477 e. The third-order valence-corrected chi connectivity index (χ3v) is 5.34. The van der Waals surface area contributed by atoms with E-state index in [1.807, 2.05) is 0 Å². The van der Waals surface area contributed by atoms with Crippen LogP contribution in [0.4, 0.5) is 5.69 Å². The Hall–Kier alpha value is -3.46. The summed E-state index contributed by atoms with van der Waals surface area (Å²) in [5, 5.41) is 22.3. The number of carboxylic acids is 1. The molecule has 29 heavy (non-hydrogen) atoms. The number of amides is 2. The van der Waals surface area contributed by atoms with Gasteiger partial charge in [0.15, 0.2) is 0 Å². The standard InChI is InChI=1S/C20H20N4O5/c1-10(25)16-15-7-13(17(20(28)29)24(15)19(16)27)11-4-3-5-12(6-11)22-18(26)14-8-23(2)9-21-14/h3-6,8-10,15-16,25H,7H2,1-2H3,(H,22,26)(H,28,29)/t10-,15-,16-/m1/s1. The number of carbonyl (C=O) groups excluding carboxylic acids is 2. The molecule has 2 aliphatic heterocycles. The van der Waals surface area contributed by atoms with Crippen molar-refractivity contribution in [2.75, 3.05) is 5.32 Å². The highest BCUT2D eigenvalue weighted by molar-refractivity contribution is 6.07. The molecular formula is C20H20N4O5. The predicted octanol–water partition coefficient (Wildman–Crippen LogP) is 1.08. The Morgan fingerprint density at radius 1 is 1.34 bits per heavy atom. The van der Waals surface area contributed by atoms with Gasteiger partial charge in [0.2, 0.25) is 5.91 Å². The number of aliphatic hydroxyl groups excluding tert-OH is 1. The lowest BCUT2D eigenvalue weighted by Crippen LogP contribution is -2.61. The molecule has 150 valence electrons. The molecule has 1 saturated heterocycles. The summed E-state index contributed by atoms with van der Waals surface area (Å²) in [6.45, 7) is 1.53. The van der Waals surface area contributed by atoms with Gasteiger partial charge in [0.1, 0.15) is 11.4 Å². The van der Waals surface area contributed by atoms with E-state index < -0.39 is 18.0 Å². The van der Waals surface area contributed by atoms with Crippen molar-refractivity contribution in [3.63, 3.8) is 0 Å². The van der Waals surface area contributed by atoms with Gasteiger partial charge in [-0.3, -0.25) is 9.59 Å². The summed E-state index contributed by atoms with van der Waals surface area (Å²) in [7, 11) is 1.76. The van der Waals surface area contributed by atoms with E-state index in [4.69, 9.17) is 0 Å². The first-order valence-corrected chi connectivity index (χ1v) is 9.15. The van der Waals surface area contributed by atoms with Gasteiger partial charge in [0, 0.05) is 18.9 Å². The molecule has 0 radical (unpaired) electrons. The van der Waals surface area contributed by atoms with Crippen LogP contribution in [0.1, 0.15) is 29.4 Å². The van der Waals surface area contributed by atoms with Gasteiger partial charge in [0.25, 0.3) is 5.91 Å². The van der Waals surface area contributed by atoms with Crippen LogP contribution in [0.25, 0.3) is 5.57 Å². The van der Waals surface area contributed by atoms with Gasteiger partial charge >= 0.3 is 5.97 Å². The quantitative estimate of drug-likeness (QED) is 0.650. The Labute approximate surface area is 166 Å². The Kier molecular flexibility index (Phi) is 4.46. The van der Waals surface area contributed by atoms with E-state index in [1.54, 1.807) is 42.1 Å². The molecule has 0 bridgehead atoms. The minimum absolute atomic E-state index is 0.0647. The molecule has 3 heterocycles. The third kappa shape index (κ3) is 3.09. The van der Waals surface area contributed by atoms with Crippen LogP contribution >= 0.6 is 0 Å². The van der Waals surface area contributed by atoms with Crippen LogP contribution in [-0.2, 0) is 16.6 Å². The zero-order valence-electron chi connectivity index (χ0n) is 15.9. The van der Waals surface area contributed by atoms with Crippen LogP contribution in [0, 0.1) is 5.92 Å². The number of fused-ring (bicyclic) bond motifs is 1. The molecule has 2 amide bonds. The molecule has 0 saturated carbocycles. The molecule has 9 nitrogen and oxygen atoms in total. The second-order valence-corrected chi connectivity index (χ2v) is 7.34. The average molecular weight is 396 g/mol. The molecule has 0 aliphatic carbocycles. The molecule has 1 aromatic heterocycles. The van der Waals surface area contributed by atoms with Gasteiger partial charge < -0.3 is 25.0 Å². The molecule has 9 heteroatoms. The Bertz CT molecular complexity index is 1050. The first-order chi connectivity index (χ1) is 13.8. The lowest BCUT2D eigenvalue weighted by atomic mass is 9.82. The van der Waals surface area contributed by atoms with Crippen LogP contribution < -0.4 is 5.32 Å². The number of aryl methyl sites for hydroxylation is 1. The fourth-order valence-corrected chi connectivity index (χ4v) is 4.04. The van der Waals surface area contributed by atoms with E-state index in [1.165, 1.54) is 18.2 Å². The van der Waals surface area contributed by atoms with Crippen molar-refractivity contribution >= 4 is 29.0 Å². The minimum atomic E-state index is -1.19. The van der Waals surface area contributed by atoms with E-state index in [9.17, 15) is 24.6 Å². The van der Waals surface area contributed by atoms with Crippen LogP contribution in [-0.4, -0.2) is 54.6 Å². The number of hydrogen-bond acceptors (Lipinski definition) is 5. The second-order valence-electron chi connectivity index (χ2n) is 7.34. The highest BCUT2D eigenvalue weighted by atomic mass is 16.4. The maximum absolute atomic E-state index is 12.4. The number of β-lactam (4-membered cyclic amide) rings is 1. The van der Waals surface area contributed by atoms with Gasteiger partial charge in [-0.1, -0.05) is 12.1 Å². The number of benzene rings is 1. The molecule has 1 fully saturated rings. The molecule has 0 unspecified atom stereocenters. The highest BCUT2D eigenvalue weighted by Gasteiger charge is 2.56. The Morgan fingerprint density at radius 2 is 2.10 bits per heavy atom. The van der Waals surface area contributed by atoms with Crippen molar-refractivity contribution in [2.45, 2.75) is 25.5 Å². The molecule has 3 N–H and O–H groups in total. The van der Waals surface area contributed by atoms with Crippen LogP contribution in [0.2, 0.25) is 0 Å². The van der Waals surface area contributed by atoms with Crippen molar-refractivity contribution in [1.82, 2.24) is 14.5 Å². The zero-order valence-corrected chi connectivity index (χ0v) is 15.9. The van der Waals surface area contributed by atoms with Crippen LogP contribution in [0.5, 0.6) is 0 Å². The average Bonchev–Trinajstić information content (AvgIpc) is 3.23. The summed E-state index contributed by atoms with van der Waals surface area (Å²) in [5.41, 5.74) is 1.80. The number of aromatic nitrogens is 2. The fourth-order valence-electron chi connectivity index (χ4n) is 4.04. The molecule has 3 atom stereocenters. The summed E-state index contributed by atoms with van der Waals surface area (Å²) in [5.74, 6) is -2.55. The number of carbonyl (C=O) groups is 3. The van der Waals surface area contributed by atoms with Crippen LogP contribution in [0.3, 0.4) is 0 Å². The van der Waals surface area contributed by atoms with Gasteiger partial charge in [-0.2, -0.15) is 0 Å². The molecule has 4 rings (SSSR count). The number of rotatable bonds is 5. The van der Waals surface area contributed by atoms with Crippen molar-refractivity contribution < 1.29 is 24.6 Å². The Balaban J connectivity index is 1.63. The summed E-state index contributed by atoms with van der Waals surface area (Å²) >= 11 is 0. The highest BCUT2D eigenvalue weighted by Crippen LogP contribution is 2.47. The molecule has 2 aromatic rings. The monoisotopic (exact) mass is 396 g/mol. The minimum Gasteiger partial charge on any atom is -0.477 e. The second kappa shape index (κ2) is 6.85. The molecule has 1 aromatic carbocycles. The maximum atomic E-state index is 12.4. The van der Waals surface area contributed by atoms with E-state index >= 15 is 0 Å². The first kappa shape index (κ1) is 18.9. The summed E-state index contributed by atoms with van der Waals surface area (Å²) in [6.07, 6.45) is 2.60. The number of anilines is 1. The zero-order chi connectivity index (χ0) is 20.9. The Morgan fingerprint density at radius 3 is 2.72 bits per heavy atom. The number of carboxylic acid groups (broad SMARTS) is 1. The topological polar surface area (TPSA) is 125 Å². The molecular weight excluding hydrogens is 376 g/mol. The van der Waals surface area contributed by atoms with E-state index in [2.05, 4.69) is 10.3 Å². The lowest BCUT2D eigenvalue weighted by molar-refractivity contribution is -0.161. The SMILES string of the molecule is C[C@@H](O)[C@H]1C(=O)N2C(C(=O)O)=C(c3cccc(NC(=O)c4cn(C)cn4)c3)C[C@H]12. The van der Waals surface area contributed by atoms with E-state index in [0.717, 1.165) is 0 Å². The number of hydrogen-bond donors (Lipinski definition) is 3. The molecule has 0 spiro atoms. The van der Waals surface area contributed by atoms with Crippen molar-refractivity contribution in [1.29, 1.82) is 0 Å². The van der Waals surface area contributed by atoms with Crippen molar-refractivity contribution in [3.8, 4) is 0 Å². The molecule has 2 aliphatic rings. The van der Waals surface area contributed by atoms with E-state index in [-0.39, 0.29) is 29.2 Å². The predicted molar refractivity (Wildman–Crippen MR) is 103 cm³/mol. The summed E-state index contributed by atoms with van der Waals surface area (Å²) < 4.78 is 1.66. The van der Waals surface area contributed by atoms with Crippen LogP contribution in [0.15, 0.2) is 42.5 Å². The van der Waals surface area contributed by atoms with E-state index in [0.29, 0.717) is 23.2 Å². The number of imidazole rings is 1. The number of nitrogens with one attached hydrogen (secondary N) is 1. The normalized spacial score (nSPS) is 21.6. The van der Waals surface area contributed by atoms with Crippen molar-refractivity contribution in [2.24, 2.45) is 13.0 Å². The first-order valence-electron chi connectivity index (χ1n) is 9.15. The number of nitrogens with zero attached hydrogens (tertiary/aromatic N) is 3. The maximum Gasteiger partial charge on any atom is 0.352 e.